The number of aryl methyl sites for hydroxylation is 2. The third-order valence-corrected chi connectivity index (χ3v) is 2.78. The van der Waals surface area contributed by atoms with E-state index in [9.17, 15) is 0 Å². The van der Waals surface area contributed by atoms with Crippen molar-refractivity contribution in [3.05, 3.63) is 23.3 Å². The van der Waals surface area contributed by atoms with Gasteiger partial charge in [0.05, 0.1) is 12.9 Å². The SMILES string of the molecule is CO[NH2+]c1cc2c(cc1N=C(C)N)CCC2. The van der Waals surface area contributed by atoms with E-state index in [0.717, 1.165) is 24.2 Å². The van der Waals surface area contributed by atoms with Crippen LogP contribution >= 0.6 is 0 Å². The van der Waals surface area contributed by atoms with Gasteiger partial charge < -0.3 is 5.73 Å². The first-order valence-corrected chi connectivity index (χ1v) is 5.53. The highest BCUT2D eigenvalue weighted by molar-refractivity contribution is 5.82. The molecule has 1 aliphatic carbocycles. The van der Waals surface area contributed by atoms with Crippen LogP contribution in [0.4, 0.5) is 11.4 Å². The second kappa shape index (κ2) is 4.63. The standard InChI is InChI=1S/C12H17N3O/c1-8(13)14-11-6-9-4-3-5-10(9)7-12(11)15-16-2/h6-7,15H,3-5H2,1-2H3,(H2,13,14)/p+1. The van der Waals surface area contributed by atoms with Gasteiger partial charge in [0.2, 0.25) is 0 Å². The van der Waals surface area contributed by atoms with E-state index in [1.807, 2.05) is 0 Å². The summed E-state index contributed by atoms with van der Waals surface area (Å²) in [6.45, 7) is 1.80. The van der Waals surface area contributed by atoms with Gasteiger partial charge in [-0.15, -0.1) is 0 Å². The van der Waals surface area contributed by atoms with E-state index in [1.54, 1.807) is 19.5 Å². The quantitative estimate of drug-likeness (QED) is 0.344. The van der Waals surface area contributed by atoms with E-state index < -0.39 is 0 Å². The average molecular weight is 220 g/mol. The Labute approximate surface area is 95.5 Å². The Kier molecular flexibility index (Phi) is 3.22. The molecule has 86 valence electrons. The van der Waals surface area contributed by atoms with Crippen molar-refractivity contribution in [1.82, 2.24) is 0 Å². The third kappa shape index (κ3) is 2.23. The summed E-state index contributed by atoms with van der Waals surface area (Å²) in [4.78, 5) is 9.41. The summed E-state index contributed by atoms with van der Waals surface area (Å²) in [5.41, 5.74) is 12.1. The zero-order chi connectivity index (χ0) is 11.5. The average Bonchev–Trinajstić information content (AvgIpc) is 2.64. The molecule has 0 amide bonds. The van der Waals surface area contributed by atoms with Crippen LogP contribution < -0.4 is 11.2 Å². The summed E-state index contributed by atoms with van der Waals surface area (Å²) in [6.07, 6.45) is 3.54. The number of rotatable bonds is 3. The minimum atomic E-state index is 0.573. The predicted octanol–water partition coefficient (Wildman–Crippen LogP) is 0.940. The Morgan fingerprint density at radius 1 is 1.38 bits per heavy atom. The molecule has 4 N–H and O–H groups in total. The predicted molar refractivity (Wildman–Crippen MR) is 64.0 cm³/mol. The first kappa shape index (κ1) is 11.1. The van der Waals surface area contributed by atoms with Crippen LogP contribution in [0, 0.1) is 0 Å². The van der Waals surface area contributed by atoms with Crippen molar-refractivity contribution in [2.45, 2.75) is 26.2 Å². The Bertz CT molecular complexity index is 423. The van der Waals surface area contributed by atoms with E-state index in [-0.39, 0.29) is 0 Å². The number of nitrogens with zero attached hydrogens (tertiary/aromatic N) is 1. The van der Waals surface area contributed by atoms with Crippen LogP contribution in [0.25, 0.3) is 0 Å². The molecular weight excluding hydrogens is 202 g/mol. The molecule has 0 bridgehead atoms. The maximum atomic E-state index is 5.63. The lowest BCUT2D eigenvalue weighted by Crippen LogP contribution is -2.76. The van der Waals surface area contributed by atoms with Crippen LogP contribution in [0.1, 0.15) is 24.5 Å². The van der Waals surface area contributed by atoms with E-state index in [1.165, 1.54) is 17.5 Å². The minimum Gasteiger partial charge on any atom is -0.387 e. The number of amidine groups is 1. The first-order valence-electron chi connectivity index (χ1n) is 5.53. The smallest absolute Gasteiger partial charge is 0.188 e. The van der Waals surface area contributed by atoms with Crippen LogP contribution in [0.15, 0.2) is 17.1 Å². The number of hydrogen-bond donors (Lipinski definition) is 2. The molecule has 16 heavy (non-hydrogen) atoms. The van der Waals surface area contributed by atoms with Gasteiger partial charge in [-0.05, 0) is 43.4 Å². The van der Waals surface area contributed by atoms with Crippen molar-refractivity contribution >= 4 is 17.2 Å². The van der Waals surface area contributed by atoms with Gasteiger partial charge in [-0.2, -0.15) is 5.48 Å². The van der Waals surface area contributed by atoms with Gasteiger partial charge in [-0.1, -0.05) is 0 Å². The summed E-state index contributed by atoms with van der Waals surface area (Å²) in [5.74, 6) is 0.573. The highest BCUT2D eigenvalue weighted by Gasteiger charge is 2.16. The molecule has 0 unspecified atom stereocenters. The van der Waals surface area contributed by atoms with Gasteiger partial charge in [-0.25, -0.2) is 9.83 Å². The lowest BCUT2D eigenvalue weighted by molar-refractivity contribution is -0.829. The second-order valence-corrected chi connectivity index (χ2v) is 4.14. The molecule has 0 saturated heterocycles. The van der Waals surface area contributed by atoms with Gasteiger partial charge >= 0.3 is 0 Å². The Balaban J connectivity index is 2.44. The van der Waals surface area contributed by atoms with Crippen molar-refractivity contribution in [3.8, 4) is 0 Å². The van der Waals surface area contributed by atoms with Crippen LogP contribution in [-0.2, 0) is 17.7 Å². The van der Waals surface area contributed by atoms with Gasteiger partial charge in [0.1, 0.15) is 5.69 Å². The van der Waals surface area contributed by atoms with Gasteiger partial charge in [0.15, 0.2) is 5.69 Å². The number of fused-ring (bicyclic) bond motifs is 1. The molecule has 4 heteroatoms. The lowest BCUT2D eigenvalue weighted by Gasteiger charge is -2.06. The normalized spacial score (nSPS) is 15.2. The zero-order valence-corrected chi connectivity index (χ0v) is 9.79. The topological polar surface area (TPSA) is 64.2 Å². The summed E-state index contributed by atoms with van der Waals surface area (Å²) >= 11 is 0. The van der Waals surface area contributed by atoms with Crippen LogP contribution in [0.2, 0.25) is 0 Å². The lowest BCUT2D eigenvalue weighted by atomic mass is 10.1. The molecule has 1 aromatic carbocycles. The second-order valence-electron chi connectivity index (χ2n) is 4.14. The fraction of sp³-hybridized carbons (Fsp3) is 0.417. The summed E-state index contributed by atoms with van der Waals surface area (Å²) in [7, 11) is 1.65. The molecule has 0 radical (unpaired) electrons. The summed E-state index contributed by atoms with van der Waals surface area (Å²) in [6, 6.07) is 4.29. The summed E-state index contributed by atoms with van der Waals surface area (Å²) < 4.78 is 0. The van der Waals surface area contributed by atoms with E-state index >= 15 is 0 Å². The molecule has 0 saturated carbocycles. The third-order valence-electron chi connectivity index (χ3n) is 2.78. The molecule has 2 rings (SSSR count). The molecule has 4 nitrogen and oxygen atoms in total. The molecule has 0 heterocycles. The van der Waals surface area contributed by atoms with E-state index in [2.05, 4.69) is 17.1 Å². The molecule has 0 aromatic heterocycles. The number of aliphatic imine (C=N–C) groups is 1. The van der Waals surface area contributed by atoms with Gasteiger partial charge in [-0.3, -0.25) is 0 Å². The number of hydrogen-bond acceptors (Lipinski definition) is 2. The van der Waals surface area contributed by atoms with Crippen LogP contribution in [0.5, 0.6) is 0 Å². The minimum absolute atomic E-state index is 0.573. The molecule has 0 atom stereocenters. The maximum absolute atomic E-state index is 5.63. The van der Waals surface area contributed by atoms with E-state index in [4.69, 9.17) is 10.6 Å². The monoisotopic (exact) mass is 220 g/mol. The van der Waals surface area contributed by atoms with Crippen LogP contribution in [-0.4, -0.2) is 12.9 Å². The number of nitrogens with two attached hydrogens (primary N) is 2. The Morgan fingerprint density at radius 2 is 2.06 bits per heavy atom. The van der Waals surface area contributed by atoms with Crippen molar-refractivity contribution in [2.75, 3.05) is 7.11 Å². The number of quaternary nitrogens is 1. The highest BCUT2D eigenvalue weighted by atomic mass is 16.6. The fourth-order valence-corrected chi connectivity index (χ4v) is 2.14. The van der Waals surface area contributed by atoms with Crippen molar-refractivity contribution in [1.29, 1.82) is 0 Å². The zero-order valence-electron chi connectivity index (χ0n) is 9.79. The first-order chi connectivity index (χ1) is 7.70. The largest absolute Gasteiger partial charge is 0.387 e. The molecular formula is C12H18N3O+. The highest BCUT2D eigenvalue weighted by Crippen LogP contribution is 2.31. The molecule has 1 aliphatic rings. The Morgan fingerprint density at radius 3 is 2.69 bits per heavy atom. The van der Waals surface area contributed by atoms with Gasteiger partial charge in [0.25, 0.3) is 0 Å². The van der Waals surface area contributed by atoms with E-state index in [0.29, 0.717) is 5.84 Å². The van der Waals surface area contributed by atoms with Gasteiger partial charge in [0, 0.05) is 6.07 Å². The number of benzene rings is 1. The van der Waals surface area contributed by atoms with Crippen molar-refractivity contribution < 1.29 is 10.3 Å². The molecule has 0 aliphatic heterocycles. The summed E-state index contributed by atoms with van der Waals surface area (Å²) in [5, 5.41) is 0. The molecule has 0 spiro atoms. The maximum Gasteiger partial charge on any atom is 0.188 e. The van der Waals surface area contributed by atoms with Crippen molar-refractivity contribution in [3.63, 3.8) is 0 Å². The van der Waals surface area contributed by atoms with Crippen LogP contribution in [0.3, 0.4) is 0 Å². The molecule has 1 aromatic rings. The van der Waals surface area contributed by atoms with Crippen molar-refractivity contribution in [2.24, 2.45) is 10.7 Å². The Hall–Kier alpha value is -1.39. The molecule has 0 fully saturated rings. The fourth-order valence-electron chi connectivity index (χ4n) is 2.14.